The van der Waals surface area contributed by atoms with E-state index in [1.54, 1.807) is 12.1 Å². The van der Waals surface area contributed by atoms with Crippen LogP contribution in [0.15, 0.2) is 24.3 Å². The lowest BCUT2D eigenvalue weighted by Gasteiger charge is -2.24. The average Bonchev–Trinajstić information content (AvgIpc) is 3.29. The Balaban J connectivity index is 1.81. The number of nitrogens with two attached hydrogens (primary N) is 1. The standard InChI is InChI=1S/C15H22N2O3S/c16-15(21)11-2-1-3-14(8-11)20-10-13(19)9-17(6-7-18)12-4-5-12/h1-3,8,12-13,18-19H,4-7,9-10H2,(H2,16,21). The molecule has 4 N–H and O–H groups in total. The van der Waals surface area contributed by atoms with E-state index in [1.165, 1.54) is 0 Å². The second-order valence-electron chi connectivity index (χ2n) is 5.31. The number of benzene rings is 1. The summed E-state index contributed by atoms with van der Waals surface area (Å²) in [5, 5.41) is 19.1. The average molecular weight is 310 g/mol. The van der Waals surface area contributed by atoms with E-state index in [-0.39, 0.29) is 13.2 Å². The number of ether oxygens (including phenoxy) is 1. The van der Waals surface area contributed by atoms with Crippen molar-refractivity contribution in [3.63, 3.8) is 0 Å². The third-order valence-corrected chi connectivity index (χ3v) is 3.69. The van der Waals surface area contributed by atoms with Crippen LogP contribution < -0.4 is 10.5 Å². The number of hydrogen-bond donors (Lipinski definition) is 3. The highest BCUT2D eigenvalue weighted by atomic mass is 32.1. The molecular formula is C15H22N2O3S. The summed E-state index contributed by atoms with van der Waals surface area (Å²) in [5.41, 5.74) is 6.32. The summed E-state index contributed by atoms with van der Waals surface area (Å²) in [6.07, 6.45) is 1.69. The summed E-state index contributed by atoms with van der Waals surface area (Å²) in [4.78, 5) is 2.43. The molecule has 0 heterocycles. The molecule has 1 aliphatic carbocycles. The van der Waals surface area contributed by atoms with Crippen LogP contribution in [-0.2, 0) is 0 Å². The molecule has 1 atom stereocenters. The number of aliphatic hydroxyl groups excluding tert-OH is 2. The first-order valence-electron chi connectivity index (χ1n) is 7.16. The van der Waals surface area contributed by atoms with E-state index in [1.807, 2.05) is 12.1 Å². The van der Waals surface area contributed by atoms with E-state index in [0.29, 0.717) is 29.9 Å². The van der Waals surface area contributed by atoms with Crippen LogP contribution in [0.4, 0.5) is 0 Å². The molecule has 0 bridgehead atoms. The van der Waals surface area contributed by atoms with E-state index in [4.69, 9.17) is 27.8 Å². The molecule has 6 heteroatoms. The monoisotopic (exact) mass is 310 g/mol. The molecule has 0 saturated heterocycles. The van der Waals surface area contributed by atoms with Gasteiger partial charge in [-0.3, -0.25) is 4.90 Å². The summed E-state index contributed by atoms with van der Waals surface area (Å²) in [7, 11) is 0. The summed E-state index contributed by atoms with van der Waals surface area (Å²) in [6.45, 7) is 1.42. The highest BCUT2D eigenvalue weighted by molar-refractivity contribution is 7.80. The third-order valence-electron chi connectivity index (χ3n) is 3.46. The fourth-order valence-corrected chi connectivity index (χ4v) is 2.37. The van der Waals surface area contributed by atoms with Gasteiger partial charge in [0.1, 0.15) is 23.4 Å². The van der Waals surface area contributed by atoms with Crippen LogP contribution in [0.1, 0.15) is 18.4 Å². The lowest BCUT2D eigenvalue weighted by molar-refractivity contribution is 0.0588. The molecule has 0 spiro atoms. The van der Waals surface area contributed by atoms with E-state index < -0.39 is 6.10 Å². The van der Waals surface area contributed by atoms with Crippen molar-refractivity contribution in [1.29, 1.82) is 0 Å². The summed E-state index contributed by atoms with van der Waals surface area (Å²) < 4.78 is 5.58. The lowest BCUT2D eigenvalue weighted by atomic mass is 10.2. The maximum absolute atomic E-state index is 10.1. The minimum atomic E-state index is -0.592. The van der Waals surface area contributed by atoms with E-state index >= 15 is 0 Å². The molecule has 1 aliphatic rings. The topological polar surface area (TPSA) is 79.0 Å². The maximum atomic E-state index is 10.1. The van der Waals surface area contributed by atoms with E-state index in [2.05, 4.69) is 4.90 Å². The number of aliphatic hydroxyl groups is 2. The summed E-state index contributed by atoms with van der Waals surface area (Å²) in [6, 6.07) is 7.72. The molecule has 116 valence electrons. The molecule has 2 rings (SSSR count). The van der Waals surface area contributed by atoms with Crippen molar-refractivity contribution in [1.82, 2.24) is 4.90 Å². The first-order chi connectivity index (χ1) is 10.1. The van der Waals surface area contributed by atoms with Gasteiger partial charge in [-0.15, -0.1) is 0 Å². The second kappa shape index (κ2) is 7.70. The van der Waals surface area contributed by atoms with Crippen LogP contribution >= 0.6 is 12.2 Å². The Kier molecular flexibility index (Phi) is 5.93. The van der Waals surface area contributed by atoms with Gasteiger partial charge in [-0.1, -0.05) is 24.4 Å². The quantitative estimate of drug-likeness (QED) is 0.577. The van der Waals surface area contributed by atoms with Crippen LogP contribution in [0.3, 0.4) is 0 Å². The first-order valence-corrected chi connectivity index (χ1v) is 7.56. The Hall–Kier alpha value is -1.21. The van der Waals surface area contributed by atoms with Gasteiger partial charge in [0.05, 0.1) is 6.61 Å². The van der Waals surface area contributed by atoms with Crippen molar-refractivity contribution in [2.24, 2.45) is 5.73 Å². The molecule has 1 fully saturated rings. The van der Waals surface area contributed by atoms with Gasteiger partial charge in [0.2, 0.25) is 0 Å². The molecule has 0 radical (unpaired) electrons. The van der Waals surface area contributed by atoms with Crippen molar-refractivity contribution >= 4 is 17.2 Å². The van der Waals surface area contributed by atoms with Crippen LogP contribution in [0.2, 0.25) is 0 Å². The zero-order valence-electron chi connectivity index (χ0n) is 11.9. The van der Waals surface area contributed by atoms with Gasteiger partial charge in [0.25, 0.3) is 0 Å². The van der Waals surface area contributed by atoms with E-state index in [0.717, 1.165) is 18.4 Å². The molecule has 5 nitrogen and oxygen atoms in total. The number of hydrogen-bond acceptors (Lipinski definition) is 5. The lowest BCUT2D eigenvalue weighted by Crippen LogP contribution is -2.38. The van der Waals surface area contributed by atoms with E-state index in [9.17, 15) is 5.11 Å². The van der Waals surface area contributed by atoms with Crippen molar-refractivity contribution in [3.8, 4) is 5.75 Å². The minimum absolute atomic E-state index is 0.111. The van der Waals surface area contributed by atoms with Crippen molar-refractivity contribution in [3.05, 3.63) is 29.8 Å². The molecule has 1 aromatic carbocycles. The fourth-order valence-electron chi connectivity index (χ4n) is 2.25. The van der Waals surface area contributed by atoms with Crippen LogP contribution in [0.5, 0.6) is 5.75 Å². The molecule has 1 unspecified atom stereocenters. The van der Waals surface area contributed by atoms with Crippen LogP contribution in [0.25, 0.3) is 0 Å². The van der Waals surface area contributed by atoms with Gasteiger partial charge in [-0.2, -0.15) is 0 Å². The van der Waals surface area contributed by atoms with Crippen molar-refractivity contribution in [2.45, 2.75) is 25.0 Å². The molecule has 0 aliphatic heterocycles. The number of thiocarbonyl (C=S) groups is 1. The minimum Gasteiger partial charge on any atom is -0.491 e. The Morgan fingerprint density at radius 1 is 1.48 bits per heavy atom. The summed E-state index contributed by atoms with van der Waals surface area (Å²) in [5.74, 6) is 0.638. The van der Waals surface area contributed by atoms with Gasteiger partial charge in [-0.25, -0.2) is 0 Å². The second-order valence-corrected chi connectivity index (χ2v) is 5.75. The molecule has 1 saturated carbocycles. The van der Waals surface area contributed by atoms with Gasteiger partial charge < -0.3 is 20.7 Å². The highest BCUT2D eigenvalue weighted by Gasteiger charge is 2.29. The predicted octanol–water partition coefficient (Wildman–Crippen LogP) is 0.517. The predicted molar refractivity (Wildman–Crippen MR) is 85.5 cm³/mol. The zero-order valence-corrected chi connectivity index (χ0v) is 12.8. The Labute approximate surface area is 130 Å². The fraction of sp³-hybridized carbons (Fsp3) is 0.533. The van der Waals surface area contributed by atoms with Gasteiger partial charge in [-0.05, 0) is 25.0 Å². The van der Waals surface area contributed by atoms with Gasteiger partial charge in [0.15, 0.2) is 0 Å². The maximum Gasteiger partial charge on any atom is 0.120 e. The number of nitrogens with zero attached hydrogens (tertiary/aromatic N) is 1. The van der Waals surface area contributed by atoms with Crippen LogP contribution in [0, 0.1) is 0 Å². The third kappa shape index (κ3) is 5.24. The van der Waals surface area contributed by atoms with Gasteiger partial charge >= 0.3 is 0 Å². The molecule has 21 heavy (non-hydrogen) atoms. The normalized spacial score (nSPS) is 16.0. The smallest absolute Gasteiger partial charge is 0.120 e. The van der Waals surface area contributed by atoms with Crippen LogP contribution in [-0.4, -0.2) is 58.6 Å². The Morgan fingerprint density at radius 3 is 2.86 bits per heavy atom. The van der Waals surface area contributed by atoms with Gasteiger partial charge in [0, 0.05) is 24.7 Å². The first kappa shape index (κ1) is 16.2. The zero-order chi connectivity index (χ0) is 15.2. The molecule has 0 aromatic heterocycles. The Morgan fingerprint density at radius 2 is 2.24 bits per heavy atom. The largest absolute Gasteiger partial charge is 0.491 e. The highest BCUT2D eigenvalue weighted by Crippen LogP contribution is 2.26. The number of rotatable bonds is 9. The van der Waals surface area contributed by atoms with Crippen molar-refractivity contribution in [2.75, 3.05) is 26.3 Å². The summed E-state index contributed by atoms with van der Waals surface area (Å²) >= 11 is 4.92. The molecular weight excluding hydrogens is 288 g/mol. The molecule has 0 amide bonds. The van der Waals surface area contributed by atoms with Crippen molar-refractivity contribution < 1.29 is 14.9 Å². The molecule has 1 aromatic rings. The Bertz CT molecular complexity index is 480. The SMILES string of the molecule is NC(=S)c1cccc(OCC(O)CN(CCO)C2CC2)c1.